The van der Waals surface area contributed by atoms with Gasteiger partial charge in [-0.05, 0) is 41.3 Å². The van der Waals surface area contributed by atoms with E-state index in [2.05, 4.69) is 5.10 Å². The summed E-state index contributed by atoms with van der Waals surface area (Å²) in [6.45, 7) is 5.08. The second-order valence-corrected chi connectivity index (χ2v) is 10.5. The minimum atomic E-state index is -4.69. The van der Waals surface area contributed by atoms with E-state index in [1.54, 1.807) is 24.3 Å². The van der Waals surface area contributed by atoms with Gasteiger partial charge in [0.25, 0.3) is 0 Å². The first kappa shape index (κ1) is 29.0. The smallest absolute Gasteiger partial charge is 0.416 e. The lowest BCUT2D eigenvalue weighted by molar-refractivity contribution is -0.138. The number of Topliss-reactive ketones (excluding diaryl/α,β-unsaturated/α-hetero) is 1. The van der Waals surface area contributed by atoms with Crippen molar-refractivity contribution in [1.29, 1.82) is 0 Å². The maximum Gasteiger partial charge on any atom is 0.416 e. The molecule has 1 heterocycles. The van der Waals surface area contributed by atoms with Gasteiger partial charge in [-0.15, -0.1) is 5.10 Å². The summed E-state index contributed by atoms with van der Waals surface area (Å²) in [4.78, 5) is 37.5. The van der Waals surface area contributed by atoms with E-state index < -0.39 is 54.8 Å². The highest BCUT2D eigenvalue weighted by molar-refractivity contribution is 6.30. The molecule has 0 saturated carbocycles. The zero-order chi connectivity index (χ0) is 28.3. The zero-order valence-corrected chi connectivity index (χ0v) is 21.8. The number of hydrogen-bond acceptors (Lipinski definition) is 5. The number of amides is 1. The minimum Gasteiger partial charge on any atom is -0.449 e. The number of halogens is 4. The van der Waals surface area contributed by atoms with Crippen molar-refractivity contribution >= 4 is 23.5 Å². The molecule has 1 atom stereocenters. The van der Waals surface area contributed by atoms with Crippen LogP contribution in [-0.2, 0) is 28.8 Å². The van der Waals surface area contributed by atoms with Crippen LogP contribution in [0.2, 0.25) is 5.02 Å². The zero-order valence-electron chi connectivity index (χ0n) is 21.1. The number of aromatic nitrogens is 3. The summed E-state index contributed by atoms with van der Waals surface area (Å²) < 4.78 is 48.1. The molecule has 3 aromatic rings. The summed E-state index contributed by atoms with van der Waals surface area (Å²) >= 11 is 5.99. The normalized spacial score (nSPS) is 12.8. The van der Waals surface area contributed by atoms with Gasteiger partial charge >= 0.3 is 18.0 Å². The number of benzene rings is 2. The van der Waals surface area contributed by atoms with Crippen molar-refractivity contribution < 1.29 is 27.5 Å². The molecule has 0 bridgehead atoms. The summed E-state index contributed by atoms with van der Waals surface area (Å²) in [6.07, 6.45) is -6.33. The van der Waals surface area contributed by atoms with E-state index in [1.807, 2.05) is 20.8 Å². The van der Waals surface area contributed by atoms with Crippen LogP contribution >= 0.6 is 11.6 Å². The fraction of sp³-hybridized carbons (Fsp3) is 0.385. The van der Waals surface area contributed by atoms with E-state index in [1.165, 1.54) is 22.8 Å². The Hall–Kier alpha value is -3.60. The number of rotatable bonds is 9. The maximum absolute atomic E-state index is 13.6. The van der Waals surface area contributed by atoms with Crippen molar-refractivity contribution in [1.82, 2.24) is 14.3 Å². The van der Waals surface area contributed by atoms with Crippen LogP contribution in [0.3, 0.4) is 0 Å². The number of ketones is 1. The second-order valence-electron chi connectivity index (χ2n) is 10.1. The van der Waals surface area contributed by atoms with Crippen molar-refractivity contribution in [2.24, 2.45) is 11.1 Å². The number of primary amides is 1. The Morgan fingerprint density at radius 2 is 1.71 bits per heavy atom. The van der Waals surface area contributed by atoms with Gasteiger partial charge in [0, 0.05) is 29.5 Å². The Morgan fingerprint density at radius 3 is 2.29 bits per heavy atom. The van der Waals surface area contributed by atoms with E-state index in [0.717, 1.165) is 10.7 Å². The van der Waals surface area contributed by atoms with Crippen LogP contribution < -0.4 is 11.4 Å². The van der Waals surface area contributed by atoms with Gasteiger partial charge in [-0.25, -0.2) is 14.3 Å². The Morgan fingerprint density at radius 1 is 1.08 bits per heavy atom. The van der Waals surface area contributed by atoms with Crippen LogP contribution in [0.1, 0.15) is 44.2 Å². The van der Waals surface area contributed by atoms with Gasteiger partial charge in [-0.2, -0.15) is 13.2 Å². The summed E-state index contributed by atoms with van der Waals surface area (Å²) in [5.41, 5.74) is 3.60. The molecular weight excluding hydrogens is 525 g/mol. The van der Waals surface area contributed by atoms with E-state index >= 15 is 0 Å². The summed E-state index contributed by atoms with van der Waals surface area (Å²) in [6, 6.07) is 11.4. The first-order chi connectivity index (χ1) is 17.7. The first-order valence-corrected chi connectivity index (χ1v) is 12.1. The van der Waals surface area contributed by atoms with Crippen LogP contribution in [0, 0.1) is 5.41 Å². The van der Waals surface area contributed by atoms with Crippen LogP contribution in [-0.4, -0.2) is 32.8 Å². The fourth-order valence-corrected chi connectivity index (χ4v) is 4.16. The lowest BCUT2D eigenvalue weighted by Gasteiger charge is -2.21. The number of carbonyl (C=O) groups is 2. The second kappa shape index (κ2) is 11.4. The molecule has 0 saturated heterocycles. The quantitative estimate of drug-likeness (QED) is 0.389. The average Bonchev–Trinajstić information content (AvgIpc) is 3.10. The summed E-state index contributed by atoms with van der Waals surface area (Å²) in [5, 5.41) is 4.86. The molecule has 3 rings (SSSR count). The van der Waals surface area contributed by atoms with Crippen molar-refractivity contribution in [2.45, 2.75) is 52.4 Å². The highest BCUT2D eigenvalue weighted by Gasteiger charge is 2.36. The van der Waals surface area contributed by atoms with Gasteiger partial charge in [0.1, 0.15) is 13.2 Å². The molecule has 0 aliphatic heterocycles. The molecule has 1 unspecified atom stereocenters. The number of nitrogens with two attached hydrogens (primary N) is 1. The van der Waals surface area contributed by atoms with Gasteiger partial charge in [0.2, 0.25) is 0 Å². The maximum atomic E-state index is 13.6. The molecule has 0 fully saturated rings. The van der Waals surface area contributed by atoms with E-state index in [-0.39, 0.29) is 11.0 Å². The summed E-state index contributed by atoms with van der Waals surface area (Å²) in [7, 11) is 0. The molecule has 204 valence electrons. The van der Waals surface area contributed by atoms with E-state index in [9.17, 15) is 27.6 Å². The third-order valence-corrected chi connectivity index (χ3v) is 5.84. The molecule has 38 heavy (non-hydrogen) atoms. The first-order valence-electron chi connectivity index (χ1n) is 11.7. The molecule has 1 amide bonds. The van der Waals surface area contributed by atoms with E-state index in [0.29, 0.717) is 23.0 Å². The van der Waals surface area contributed by atoms with E-state index in [4.69, 9.17) is 22.1 Å². The Kier molecular flexibility index (Phi) is 8.71. The largest absolute Gasteiger partial charge is 0.449 e. The van der Waals surface area contributed by atoms with Gasteiger partial charge in [-0.1, -0.05) is 50.6 Å². The predicted octanol–water partition coefficient (Wildman–Crippen LogP) is 5.27. The molecule has 0 aliphatic carbocycles. The van der Waals surface area contributed by atoms with Crippen molar-refractivity contribution in [2.75, 3.05) is 6.61 Å². The molecule has 0 radical (unpaired) electrons. The lowest BCUT2D eigenvalue weighted by atomic mass is 9.90. The molecule has 1 aromatic heterocycles. The Balaban J connectivity index is 1.95. The van der Waals surface area contributed by atoms with Crippen molar-refractivity contribution in [3.63, 3.8) is 0 Å². The predicted molar refractivity (Wildman–Crippen MR) is 136 cm³/mol. The van der Waals surface area contributed by atoms with Gasteiger partial charge in [0.15, 0.2) is 11.6 Å². The Labute approximate surface area is 222 Å². The molecule has 2 aromatic carbocycles. The van der Waals surface area contributed by atoms with Gasteiger partial charge in [0.05, 0.1) is 5.56 Å². The number of alkyl halides is 3. The van der Waals surface area contributed by atoms with Crippen molar-refractivity contribution in [3.8, 4) is 11.4 Å². The lowest BCUT2D eigenvalue weighted by Crippen LogP contribution is -2.31. The highest BCUT2D eigenvalue weighted by Crippen LogP contribution is 2.36. The SMILES string of the molecule is CC(C)(C)Cn1c(-c2ccc(Cl)cc2)nn(CC(=O)CC(COC(N)=O)c2ccccc2C(F)(F)F)c1=O. The Bertz CT molecular complexity index is 1360. The molecule has 0 spiro atoms. The summed E-state index contributed by atoms with van der Waals surface area (Å²) in [5.74, 6) is -1.40. The fourth-order valence-electron chi connectivity index (χ4n) is 4.03. The van der Waals surface area contributed by atoms with Crippen LogP contribution in [0.25, 0.3) is 11.4 Å². The molecule has 12 heteroatoms. The molecular formula is C26H28ClF3N4O4. The average molecular weight is 553 g/mol. The number of carbonyl (C=O) groups excluding carboxylic acids is 2. The minimum absolute atomic E-state index is 0.220. The van der Waals surface area contributed by atoms with Gasteiger partial charge in [-0.3, -0.25) is 9.36 Å². The van der Waals surface area contributed by atoms with Crippen LogP contribution in [0.4, 0.5) is 18.0 Å². The monoisotopic (exact) mass is 552 g/mol. The van der Waals surface area contributed by atoms with Crippen molar-refractivity contribution in [3.05, 3.63) is 75.2 Å². The van der Waals surface area contributed by atoms with Crippen LogP contribution in [0.15, 0.2) is 53.3 Å². The third kappa shape index (κ3) is 7.47. The topological polar surface area (TPSA) is 109 Å². The molecule has 0 aliphatic rings. The molecule has 2 N–H and O–H groups in total. The van der Waals surface area contributed by atoms with Crippen LogP contribution in [0.5, 0.6) is 0 Å². The molecule has 8 nitrogen and oxygen atoms in total. The number of nitrogens with zero attached hydrogens (tertiary/aromatic N) is 3. The number of hydrogen-bond donors (Lipinski definition) is 1. The third-order valence-electron chi connectivity index (χ3n) is 5.59. The standard InChI is InChI=1S/C26H28ClF3N4O4/c1-25(2,3)15-33-22(16-8-10-18(27)11-9-16)32-34(24(33)37)13-19(35)12-17(14-38-23(31)36)20-6-4-5-7-21(20)26(28,29)30/h4-11,17H,12-15H2,1-3H3,(H2,31,36). The van der Waals surface area contributed by atoms with Gasteiger partial charge < -0.3 is 10.5 Å². The highest BCUT2D eigenvalue weighted by atomic mass is 35.5. The number of ether oxygens (including phenoxy) is 1.